The maximum atomic E-state index is 6.60. The fourth-order valence-electron chi connectivity index (χ4n) is 3.82. The molecule has 2 heterocycles. The van der Waals surface area contributed by atoms with E-state index in [2.05, 4.69) is 78.7 Å². The summed E-state index contributed by atoms with van der Waals surface area (Å²) in [4.78, 5) is 2.23. The summed E-state index contributed by atoms with van der Waals surface area (Å²) in [6.07, 6.45) is 4.34. The Labute approximate surface area is 141 Å². The van der Waals surface area contributed by atoms with Crippen molar-refractivity contribution in [2.45, 2.75) is 5.72 Å². The maximum Gasteiger partial charge on any atom is 0.229 e. The Hall–Kier alpha value is -3.00. The van der Waals surface area contributed by atoms with Crippen molar-refractivity contribution in [3.8, 4) is 16.9 Å². The van der Waals surface area contributed by atoms with Crippen molar-refractivity contribution >= 4 is 11.8 Å². The van der Waals surface area contributed by atoms with Crippen LogP contribution in [0.3, 0.4) is 0 Å². The Morgan fingerprint density at radius 3 is 2.42 bits per heavy atom. The zero-order valence-electron chi connectivity index (χ0n) is 13.4. The van der Waals surface area contributed by atoms with Crippen LogP contribution in [0.5, 0.6) is 5.75 Å². The first kappa shape index (κ1) is 13.4. The summed E-state index contributed by atoms with van der Waals surface area (Å²) in [5.41, 5.74) is 5.34. The van der Waals surface area contributed by atoms with Crippen LogP contribution in [0.2, 0.25) is 0 Å². The number of fused-ring (bicyclic) bond motifs is 5. The van der Waals surface area contributed by atoms with E-state index >= 15 is 0 Å². The summed E-state index contributed by atoms with van der Waals surface area (Å²) in [6.45, 7) is 0. The Morgan fingerprint density at radius 1 is 0.792 bits per heavy atom. The molecule has 5 rings (SSSR count). The summed E-state index contributed by atoms with van der Waals surface area (Å²) in [7, 11) is 2.10. The Kier molecular flexibility index (Phi) is 2.66. The number of anilines is 1. The van der Waals surface area contributed by atoms with Gasteiger partial charge in [0.15, 0.2) is 0 Å². The van der Waals surface area contributed by atoms with Crippen LogP contribution >= 0.6 is 0 Å². The summed E-state index contributed by atoms with van der Waals surface area (Å²) >= 11 is 0. The van der Waals surface area contributed by atoms with Crippen LogP contribution in [0.25, 0.3) is 17.2 Å². The number of benzene rings is 3. The van der Waals surface area contributed by atoms with E-state index in [0.717, 1.165) is 11.3 Å². The van der Waals surface area contributed by atoms with Crippen molar-refractivity contribution in [3.63, 3.8) is 0 Å². The molecule has 0 fully saturated rings. The first-order valence-electron chi connectivity index (χ1n) is 8.20. The highest BCUT2D eigenvalue weighted by molar-refractivity contribution is 5.86. The number of hydrogen-bond acceptors (Lipinski definition) is 2. The predicted molar refractivity (Wildman–Crippen MR) is 98.1 cm³/mol. The summed E-state index contributed by atoms with van der Waals surface area (Å²) in [5, 5.41) is 0. The first-order valence-corrected chi connectivity index (χ1v) is 8.20. The van der Waals surface area contributed by atoms with E-state index in [1.54, 1.807) is 0 Å². The number of para-hydroxylation sites is 2. The van der Waals surface area contributed by atoms with Crippen LogP contribution in [-0.4, -0.2) is 7.05 Å². The molecule has 0 aliphatic carbocycles. The summed E-state index contributed by atoms with van der Waals surface area (Å²) in [5.74, 6) is 0.918. The van der Waals surface area contributed by atoms with Gasteiger partial charge in [-0.25, -0.2) is 0 Å². The molecule has 116 valence electrons. The zero-order chi connectivity index (χ0) is 16.1. The molecule has 24 heavy (non-hydrogen) atoms. The lowest BCUT2D eigenvalue weighted by molar-refractivity contribution is 0.116. The largest absolute Gasteiger partial charge is 0.459 e. The number of nitrogens with zero attached hydrogens (tertiary/aromatic N) is 1. The molecule has 0 bridgehead atoms. The van der Waals surface area contributed by atoms with Crippen molar-refractivity contribution in [2.24, 2.45) is 0 Å². The molecule has 3 aromatic carbocycles. The van der Waals surface area contributed by atoms with E-state index in [1.165, 1.54) is 22.4 Å². The van der Waals surface area contributed by atoms with Gasteiger partial charge >= 0.3 is 0 Å². The first-order chi connectivity index (χ1) is 11.8. The van der Waals surface area contributed by atoms with E-state index < -0.39 is 5.72 Å². The molecule has 0 saturated carbocycles. The molecular weight excluding hydrogens is 294 g/mol. The third kappa shape index (κ3) is 1.65. The van der Waals surface area contributed by atoms with Crippen molar-refractivity contribution in [3.05, 3.63) is 90.0 Å². The van der Waals surface area contributed by atoms with Gasteiger partial charge in [0.05, 0.1) is 0 Å². The van der Waals surface area contributed by atoms with E-state index in [-0.39, 0.29) is 0 Å². The number of hydrogen-bond donors (Lipinski definition) is 0. The lowest BCUT2D eigenvalue weighted by Crippen LogP contribution is -2.50. The lowest BCUT2D eigenvalue weighted by atomic mass is 9.84. The molecule has 0 N–H and O–H groups in total. The molecule has 3 aromatic rings. The molecule has 0 unspecified atom stereocenters. The molecule has 1 spiro atoms. The van der Waals surface area contributed by atoms with Gasteiger partial charge in [0, 0.05) is 29.4 Å². The minimum Gasteiger partial charge on any atom is -0.459 e. The minimum absolute atomic E-state index is 0.612. The van der Waals surface area contributed by atoms with Gasteiger partial charge in [0.25, 0.3) is 0 Å². The molecule has 2 aliphatic rings. The monoisotopic (exact) mass is 311 g/mol. The van der Waals surface area contributed by atoms with Gasteiger partial charge in [0.2, 0.25) is 5.72 Å². The van der Waals surface area contributed by atoms with Crippen LogP contribution in [-0.2, 0) is 5.72 Å². The third-order valence-corrected chi connectivity index (χ3v) is 5.04. The maximum absolute atomic E-state index is 6.60. The topological polar surface area (TPSA) is 12.5 Å². The highest BCUT2D eigenvalue weighted by atomic mass is 16.5. The molecule has 0 amide bonds. The van der Waals surface area contributed by atoms with Crippen LogP contribution in [0.1, 0.15) is 11.1 Å². The van der Waals surface area contributed by atoms with E-state index in [0.29, 0.717) is 0 Å². The Bertz CT molecular complexity index is 975. The van der Waals surface area contributed by atoms with Gasteiger partial charge in [-0.1, -0.05) is 60.7 Å². The number of ether oxygens (including phenoxy) is 1. The highest BCUT2D eigenvalue weighted by Crippen LogP contribution is 2.50. The van der Waals surface area contributed by atoms with Crippen LogP contribution < -0.4 is 9.64 Å². The second-order valence-corrected chi connectivity index (χ2v) is 6.29. The molecule has 2 nitrogen and oxygen atoms in total. The molecule has 0 saturated heterocycles. The molecule has 0 radical (unpaired) electrons. The van der Waals surface area contributed by atoms with Gasteiger partial charge in [-0.05, 0) is 29.8 Å². The van der Waals surface area contributed by atoms with Crippen molar-refractivity contribution in [1.29, 1.82) is 0 Å². The van der Waals surface area contributed by atoms with E-state index in [4.69, 9.17) is 4.74 Å². The average molecular weight is 311 g/mol. The smallest absolute Gasteiger partial charge is 0.229 e. The van der Waals surface area contributed by atoms with Gasteiger partial charge in [-0.2, -0.15) is 0 Å². The molecular formula is C22H17NO. The van der Waals surface area contributed by atoms with Crippen molar-refractivity contribution in [1.82, 2.24) is 0 Å². The minimum atomic E-state index is -0.612. The molecule has 1 atom stereocenters. The number of rotatable bonds is 0. The predicted octanol–water partition coefficient (Wildman–Crippen LogP) is 5.06. The second-order valence-electron chi connectivity index (χ2n) is 6.29. The summed E-state index contributed by atoms with van der Waals surface area (Å²) < 4.78 is 6.60. The Balaban J connectivity index is 1.80. The molecule has 2 heteroatoms. The SMILES string of the molecule is CN1c2ccccc2-c2ccccc2[C@]12C=Cc1ccccc1O2. The fraction of sp³-hybridized carbons (Fsp3) is 0.0909. The van der Waals surface area contributed by atoms with Crippen LogP contribution in [0, 0.1) is 0 Å². The fourth-order valence-corrected chi connectivity index (χ4v) is 3.82. The lowest BCUT2D eigenvalue weighted by Gasteiger charge is -2.47. The van der Waals surface area contributed by atoms with E-state index in [9.17, 15) is 0 Å². The third-order valence-electron chi connectivity index (χ3n) is 5.04. The standard InChI is InChI=1S/C22H17NO/c1-23-20-12-6-4-10-18(20)17-9-3-5-11-19(17)22(23)15-14-16-8-2-7-13-21(16)24-22/h2-15H,1H3/t22-/m1/s1. The zero-order valence-corrected chi connectivity index (χ0v) is 13.4. The van der Waals surface area contributed by atoms with Gasteiger partial charge in [-0.3, -0.25) is 0 Å². The van der Waals surface area contributed by atoms with Crippen LogP contribution in [0.15, 0.2) is 78.9 Å². The number of likely N-dealkylation sites (N-methyl/N-ethyl adjacent to an activating group) is 1. The average Bonchev–Trinajstić information content (AvgIpc) is 2.66. The van der Waals surface area contributed by atoms with Crippen molar-refractivity contribution in [2.75, 3.05) is 11.9 Å². The normalized spacial score (nSPS) is 20.1. The highest BCUT2D eigenvalue weighted by Gasteiger charge is 2.44. The van der Waals surface area contributed by atoms with Crippen LogP contribution in [0.4, 0.5) is 5.69 Å². The molecule has 2 aliphatic heterocycles. The van der Waals surface area contributed by atoms with Gasteiger partial charge in [0.1, 0.15) is 5.75 Å². The van der Waals surface area contributed by atoms with Gasteiger partial charge < -0.3 is 9.64 Å². The quantitative estimate of drug-likeness (QED) is 0.575. The van der Waals surface area contributed by atoms with Gasteiger partial charge in [-0.15, -0.1) is 0 Å². The second kappa shape index (κ2) is 4.75. The Morgan fingerprint density at radius 2 is 1.50 bits per heavy atom. The van der Waals surface area contributed by atoms with Crippen molar-refractivity contribution < 1.29 is 4.74 Å². The van der Waals surface area contributed by atoms with E-state index in [1.807, 2.05) is 18.2 Å². The summed E-state index contributed by atoms with van der Waals surface area (Å²) in [6, 6.07) is 25.2. The molecule has 0 aromatic heterocycles.